The van der Waals surface area contributed by atoms with Crippen LogP contribution in [0.4, 0.5) is 18.0 Å². The SMILES string of the molecule is CN(CCC(F)(F)F)C(=O)NC1CCC(C(=O)O)CC1. The van der Waals surface area contributed by atoms with Crippen molar-refractivity contribution in [1.29, 1.82) is 0 Å². The summed E-state index contributed by atoms with van der Waals surface area (Å²) in [6.45, 7) is -0.389. The van der Waals surface area contributed by atoms with Gasteiger partial charge in [0.1, 0.15) is 0 Å². The Morgan fingerprint density at radius 3 is 2.25 bits per heavy atom. The molecule has 0 unspecified atom stereocenters. The summed E-state index contributed by atoms with van der Waals surface area (Å²) in [5.41, 5.74) is 0. The van der Waals surface area contributed by atoms with Crippen molar-refractivity contribution < 1.29 is 27.9 Å². The number of hydrogen-bond acceptors (Lipinski definition) is 2. The van der Waals surface area contributed by atoms with Crippen LogP contribution in [0.1, 0.15) is 32.1 Å². The number of amides is 2. The van der Waals surface area contributed by atoms with Crippen molar-refractivity contribution in [3.8, 4) is 0 Å². The van der Waals surface area contributed by atoms with Gasteiger partial charge in [-0.3, -0.25) is 4.79 Å². The third-order valence-corrected chi connectivity index (χ3v) is 3.48. The molecular weight excluding hydrogens is 277 g/mol. The van der Waals surface area contributed by atoms with E-state index in [-0.39, 0.29) is 18.5 Å². The minimum atomic E-state index is -4.28. The van der Waals surface area contributed by atoms with E-state index < -0.39 is 24.6 Å². The maximum absolute atomic E-state index is 12.0. The standard InChI is InChI=1S/C12H19F3N2O3/c1-17(7-6-12(13,14)15)11(20)16-9-4-2-8(3-5-9)10(18)19/h8-9H,2-7H2,1H3,(H,16,20)(H,18,19). The van der Waals surface area contributed by atoms with E-state index in [1.54, 1.807) is 0 Å². The van der Waals surface area contributed by atoms with Gasteiger partial charge >= 0.3 is 18.2 Å². The summed E-state index contributed by atoms with van der Waals surface area (Å²) in [7, 11) is 1.31. The maximum Gasteiger partial charge on any atom is 0.390 e. The highest BCUT2D eigenvalue weighted by molar-refractivity contribution is 5.74. The van der Waals surface area contributed by atoms with E-state index in [0.29, 0.717) is 25.7 Å². The van der Waals surface area contributed by atoms with E-state index in [4.69, 9.17) is 5.11 Å². The second kappa shape index (κ2) is 6.81. The van der Waals surface area contributed by atoms with Gasteiger partial charge in [-0.25, -0.2) is 4.79 Å². The van der Waals surface area contributed by atoms with Crippen LogP contribution in [0.5, 0.6) is 0 Å². The molecule has 8 heteroatoms. The van der Waals surface area contributed by atoms with Crippen LogP contribution in [-0.2, 0) is 4.79 Å². The number of urea groups is 1. The fourth-order valence-electron chi connectivity index (χ4n) is 2.17. The van der Waals surface area contributed by atoms with E-state index in [2.05, 4.69) is 5.32 Å². The van der Waals surface area contributed by atoms with Crippen molar-refractivity contribution in [3.63, 3.8) is 0 Å². The maximum atomic E-state index is 12.0. The van der Waals surface area contributed by atoms with E-state index in [1.807, 2.05) is 0 Å². The highest BCUT2D eigenvalue weighted by atomic mass is 19.4. The highest BCUT2D eigenvalue weighted by Gasteiger charge is 2.30. The van der Waals surface area contributed by atoms with Crippen LogP contribution in [0.25, 0.3) is 0 Å². The topological polar surface area (TPSA) is 69.6 Å². The monoisotopic (exact) mass is 296 g/mol. The first kappa shape index (κ1) is 16.6. The number of nitrogens with zero attached hydrogens (tertiary/aromatic N) is 1. The summed E-state index contributed by atoms with van der Waals surface area (Å²) in [4.78, 5) is 23.4. The van der Waals surface area contributed by atoms with Gasteiger partial charge in [0.2, 0.25) is 0 Å². The number of aliphatic carboxylic acids is 1. The molecule has 2 amide bonds. The van der Waals surface area contributed by atoms with Gasteiger partial charge in [0.05, 0.1) is 12.3 Å². The van der Waals surface area contributed by atoms with Crippen LogP contribution in [0, 0.1) is 5.92 Å². The van der Waals surface area contributed by atoms with Crippen molar-refractivity contribution >= 4 is 12.0 Å². The van der Waals surface area contributed by atoms with Gasteiger partial charge in [-0.2, -0.15) is 13.2 Å². The molecule has 0 spiro atoms. The van der Waals surface area contributed by atoms with E-state index in [1.165, 1.54) is 7.05 Å². The minimum absolute atomic E-state index is 0.161. The Morgan fingerprint density at radius 2 is 1.80 bits per heavy atom. The first-order chi connectivity index (χ1) is 9.19. The number of carboxylic acids is 1. The van der Waals surface area contributed by atoms with Gasteiger partial charge in [0.25, 0.3) is 0 Å². The number of hydrogen-bond donors (Lipinski definition) is 2. The van der Waals surface area contributed by atoms with Crippen LogP contribution >= 0.6 is 0 Å². The molecule has 1 fully saturated rings. The van der Waals surface area contributed by atoms with Crippen LogP contribution in [-0.4, -0.2) is 47.8 Å². The summed E-state index contributed by atoms with van der Waals surface area (Å²) in [6, 6.07) is -0.709. The number of halogens is 3. The molecule has 20 heavy (non-hydrogen) atoms. The first-order valence-corrected chi connectivity index (χ1v) is 6.50. The lowest BCUT2D eigenvalue weighted by Gasteiger charge is -2.29. The molecule has 1 aliphatic carbocycles. The fourth-order valence-corrected chi connectivity index (χ4v) is 2.17. The summed E-state index contributed by atoms with van der Waals surface area (Å²) >= 11 is 0. The third kappa shape index (κ3) is 5.66. The Hall–Kier alpha value is -1.47. The molecular formula is C12H19F3N2O3. The molecule has 0 aromatic carbocycles. The quantitative estimate of drug-likeness (QED) is 0.835. The Balaban J connectivity index is 2.31. The molecule has 0 heterocycles. The van der Waals surface area contributed by atoms with Crippen molar-refractivity contribution in [2.24, 2.45) is 5.92 Å². The number of alkyl halides is 3. The molecule has 0 aliphatic heterocycles. The lowest BCUT2D eigenvalue weighted by molar-refractivity contribution is -0.142. The smallest absolute Gasteiger partial charge is 0.390 e. The summed E-state index contributed by atoms with van der Waals surface area (Å²) < 4.78 is 36.1. The normalized spacial score (nSPS) is 23.2. The zero-order valence-corrected chi connectivity index (χ0v) is 11.2. The number of rotatable bonds is 4. The second-order valence-corrected chi connectivity index (χ2v) is 5.12. The second-order valence-electron chi connectivity index (χ2n) is 5.12. The Morgan fingerprint density at radius 1 is 1.25 bits per heavy atom. The minimum Gasteiger partial charge on any atom is -0.481 e. The average Bonchev–Trinajstić information content (AvgIpc) is 2.35. The van der Waals surface area contributed by atoms with Gasteiger partial charge in [0, 0.05) is 19.6 Å². The summed E-state index contributed by atoms with van der Waals surface area (Å²) in [6.07, 6.45) is -3.29. The predicted molar refractivity (Wildman–Crippen MR) is 65.2 cm³/mol. The lowest BCUT2D eigenvalue weighted by atomic mass is 9.86. The molecule has 2 N–H and O–H groups in total. The molecule has 1 saturated carbocycles. The molecule has 0 radical (unpaired) electrons. The molecule has 0 saturated heterocycles. The predicted octanol–water partition coefficient (Wildman–Crippen LogP) is 2.22. The van der Waals surface area contributed by atoms with Crippen LogP contribution in [0.3, 0.4) is 0 Å². The van der Waals surface area contributed by atoms with E-state index in [9.17, 15) is 22.8 Å². The molecule has 1 aliphatic rings. The average molecular weight is 296 g/mol. The molecule has 0 bridgehead atoms. The van der Waals surface area contributed by atoms with Crippen molar-refractivity contribution in [3.05, 3.63) is 0 Å². The first-order valence-electron chi connectivity index (χ1n) is 6.50. The zero-order chi connectivity index (χ0) is 15.3. The van der Waals surface area contributed by atoms with Crippen molar-refractivity contribution in [1.82, 2.24) is 10.2 Å². The van der Waals surface area contributed by atoms with Crippen molar-refractivity contribution in [2.45, 2.75) is 44.3 Å². The van der Waals surface area contributed by atoms with Crippen LogP contribution < -0.4 is 5.32 Å². The number of carbonyl (C=O) groups excluding carboxylic acids is 1. The summed E-state index contributed by atoms with van der Waals surface area (Å²) in [5.74, 6) is -1.22. The Bertz CT molecular complexity index is 352. The Labute approximate surface area is 115 Å². The zero-order valence-electron chi connectivity index (χ0n) is 11.2. The fraction of sp³-hybridized carbons (Fsp3) is 0.833. The van der Waals surface area contributed by atoms with Gasteiger partial charge in [-0.15, -0.1) is 0 Å². The van der Waals surface area contributed by atoms with Gasteiger partial charge < -0.3 is 15.3 Å². The molecule has 0 aromatic rings. The van der Waals surface area contributed by atoms with Crippen LogP contribution in [0.2, 0.25) is 0 Å². The molecule has 5 nitrogen and oxygen atoms in total. The Kier molecular flexibility index (Phi) is 5.64. The number of carboxylic acid groups (broad SMARTS) is 1. The van der Waals surface area contributed by atoms with Crippen molar-refractivity contribution in [2.75, 3.05) is 13.6 Å². The van der Waals surface area contributed by atoms with Gasteiger partial charge in [-0.05, 0) is 25.7 Å². The van der Waals surface area contributed by atoms with E-state index >= 15 is 0 Å². The molecule has 1 rings (SSSR count). The largest absolute Gasteiger partial charge is 0.481 e. The molecule has 0 aromatic heterocycles. The van der Waals surface area contributed by atoms with Crippen LogP contribution in [0.15, 0.2) is 0 Å². The van der Waals surface area contributed by atoms with E-state index in [0.717, 1.165) is 4.90 Å². The number of nitrogens with one attached hydrogen (secondary N) is 1. The molecule has 116 valence electrons. The molecule has 0 atom stereocenters. The number of carbonyl (C=O) groups is 2. The third-order valence-electron chi connectivity index (χ3n) is 3.48. The highest BCUT2D eigenvalue weighted by Crippen LogP contribution is 2.24. The van der Waals surface area contributed by atoms with Gasteiger partial charge in [-0.1, -0.05) is 0 Å². The lowest BCUT2D eigenvalue weighted by Crippen LogP contribution is -2.45. The summed E-state index contributed by atoms with van der Waals surface area (Å²) in [5, 5.41) is 11.5. The van der Waals surface area contributed by atoms with Gasteiger partial charge in [0.15, 0.2) is 0 Å².